The van der Waals surface area contributed by atoms with Crippen molar-refractivity contribution in [3.8, 4) is 0 Å². The molecule has 2 atom stereocenters. The van der Waals surface area contributed by atoms with Gasteiger partial charge in [-0.25, -0.2) is 0 Å². The topological polar surface area (TPSA) is 46.3 Å². The van der Waals surface area contributed by atoms with Crippen LogP contribution in [-0.2, 0) is 4.79 Å². The van der Waals surface area contributed by atoms with Crippen LogP contribution in [0.15, 0.2) is 0 Å². The van der Waals surface area contributed by atoms with E-state index in [1.165, 1.54) is 6.42 Å². The van der Waals surface area contributed by atoms with Crippen molar-refractivity contribution >= 4 is 18.3 Å². The molecule has 0 aromatic carbocycles. The SMILES string of the molecule is CC1CCN(C(=O)C2CCCCC2(C)N)CC1.Cl. The number of piperidine rings is 1. The van der Waals surface area contributed by atoms with Crippen LogP contribution < -0.4 is 5.73 Å². The summed E-state index contributed by atoms with van der Waals surface area (Å²) in [4.78, 5) is 14.6. The molecule has 1 heterocycles. The molecule has 0 spiro atoms. The first-order valence-electron chi connectivity index (χ1n) is 7.08. The Morgan fingerprint density at radius 2 is 1.83 bits per heavy atom. The molecule has 2 N–H and O–H groups in total. The lowest BCUT2D eigenvalue weighted by Gasteiger charge is -2.41. The number of hydrogen-bond acceptors (Lipinski definition) is 2. The fourth-order valence-electron chi connectivity index (χ4n) is 3.21. The smallest absolute Gasteiger partial charge is 0.227 e. The second kappa shape index (κ2) is 6.25. The van der Waals surface area contributed by atoms with Gasteiger partial charge in [0.15, 0.2) is 0 Å². The maximum Gasteiger partial charge on any atom is 0.227 e. The van der Waals surface area contributed by atoms with E-state index in [1.807, 2.05) is 0 Å². The molecule has 1 saturated heterocycles. The van der Waals surface area contributed by atoms with Crippen LogP contribution in [0.4, 0.5) is 0 Å². The number of nitrogens with two attached hydrogens (primary N) is 1. The molecule has 1 saturated carbocycles. The van der Waals surface area contributed by atoms with E-state index in [0.717, 1.165) is 51.1 Å². The molecule has 4 heteroatoms. The number of nitrogens with zero attached hydrogens (tertiary/aromatic N) is 1. The molecule has 1 aliphatic heterocycles. The van der Waals surface area contributed by atoms with E-state index in [4.69, 9.17) is 5.73 Å². The number of amides is 1. The fourth-order valence-corrected chi connectivity index (χ4v) is 3.21. The third kappa shape index (κ3) is 3.39. The van der Waals surface area contributed by atoms with Gasteiger partial charge in [0, 0.05) is 18.6 Å². The predicted octanol–water partition coefficient (Wildman–Crippen LogP) is 2.57. The molecule has 18 heavy (non-hydrogen) atoms. The van der Waals surface area contributed by atoms with Crippen LogP contribution in [0.3, 0.4) is 0 Å². The van der Waals surface area contributed by atoms with Crippen molar-refractivity contribution in [3.05, 3.63) is 0 Å². The Kier molecular flexibility index (Phi) is 5.47. The molecule has 1 amide bonds. The normalized spacial score (nSPS) is 33.9. The van der Waals surface area contributed by atoms with Gasteiger partial charge in [-0.2, -0.15) is 0 Å². The van der Waals surface area contributed by atoms with Crippen molar-refractivity contribution in [1.29, 1.82) is 0 Å². The summed E-state index contributed by atoms with van der Waals surface area (Å²) < 4.78 is 0. The highest BCUT2D eigenvalue weighted by Gasteiger charge is 2.40. The van der Waals surface area contributed by atoms with Crippen molar-refractivity contribution in [3.63, 3.8) is 0 Å². The van der Waals surface area contributed by atoms with E-state index in [0.29, 0.717) is 5.91 Å². The van der Waals surface area contributed by atoms with Crippen molar-refractivity contribution < 1.29 is 4.79 Å². The lowest BCUT2D eigenvalue weighted by molar-refractivity contribution is -0.140. The standard InChI is InChI=1S/C14H26N2O.ClH/c1-11-6-9-16(10-7-11)13(17)12-5-3-4-8-14(12,2)15;/h11-12H,3-10,15H2,1-2H3;1H. The van der Waals surface area contributed by atoms with Gasteiger partial charge in [-0.1, -0.05) is 19.8 Å². The number of halogens is 1. The highest BCUT2D eigenvalue weighted by molar-refractivity contribution is 5.85. The van der Waals surface area contributed by atoms with Gasteiger partial charge in [0.05, 0.1) is 5.92 Å². The first kappa shape index (κ1) is 15.8. The molecule has 106 valence electrons. The van der Waals surface area contributed by atoms with Crippen LogP contribution >= 0.6 is 12.4 Å². The highest BCUT2D eigenvalue weighted by atomic mass is 35.5. The fraction of sp³-hybridized carbons (Fsp3) is 0.929. The summed E-state index contributed by atoms with van der Waals surface area (Å²) in [5.74, 6) is 1.15. The Bertz CT molecular complexity index is 286. The molecule has 2 rings (SSSR count). The minimum atomic E-state index is -0.279. The Labute approximate surface area is 117 Å². The van der Waals surface area contributed by atoms with E-state index < -0.39 is 0 Å². The van der Waals surface area contributed by atoms with Gasteiger partial charge in [-0.05, 0) is 38.5 Å². The van der Waals surface area contributed by atoms with Crippen LogP contribution in [-0.4, -0.2) is 29.4 Å². The van der Waals surface area contributed by atoms with E-state index in [9.17, 15) is 4.79 Å². The lowest BCUT2D eigenvalue weighted by atomic mass is 9.73. The van der Waals surface area contributed by atoms with Crippen LogP contribution in [0.1, 0.15) is 52.4 Å². The maximum absolute atomic E-state index is 12.5. The molecule has 3 nitrogen and oxygen atoms in total. The summed E-state index contributed by atoms with van der Waals surface area (Å²) in [6.45, 7) is 6.20. The minimum absolute atomic E-state index is 0. The number of rotatable bonds is 1. The summed E-state index contributed by atoms with van der Waals surface area (Å²) >= 11 is 0. The number of carbonyl (C=O) groups excluding carboxylic acids is 1. The Morgan fingerprint density at radius 1 is 1.22 bits per heavy atom. The third-order valence-corrected chi connectivity index (χ3v) is 4.65. The molecule has 2 fully saturated rings. The van der Waals surface area contributed by atoms with Gasteiger partial charge in [0.2, 0.25) is 5.91 Å². The summed E-state index contributed by atoms with van der Waals surface area (Å²) in [5.41, 5.74) is 6.03. The van der Waals surface area contributed by atoms with E-state index in [-0.39, 0.29) is 23.9 Å². The van der Waals surface area contributed by atoms with Crippen LogP contribution in [0.2, 0.25) is 0 Å². The number of likely N-dealkylation sites (tertiary alicyclic amines) is 1. The maximum atomic E-state index is 12.5. The molecule has 0 radical (unpaired) electrons. The van der Waals surface area contributed by atoms with Crippen LogP contribution in [0.5, 0.6) is 0 Å². The number of hydrogen-bond donors (Lipinski definition) is 1. The zero-order valence-electron chi connectivity index (χ0n) is 11.7. The molecule has 1 aliphatic carbocycles. The molecular weight excluding hydrogens is 248 g/mol. The summed E-state index contributed by atoms with van der Waals surface area (Å²) in [6, 6.07) is 0. The quantitative estimate of drug-likeness (QED) is 0.799. The molecule has 2 unspecified atom stereocenters. The minimum Gasteiger partial charge on any atom is -0.342 e. The second-order valence-corrected chi connectivity index (χ2v) is 6.31. The predicted molar refractivity (Wildman–Crippen MR) is 76.8 cm³/mol. The van der Waals surface area contributed by atoms with Gasteiger partial charge in [-0.3, -0.25) is 4.79 Å². The monoisotopic (exact) mass is 274 g/mol. The van der Waals surface area contributed by atoms with Crippen molar-refractivity contribution in [2.75, 3.05) is 13.1 Å². The Balaban J connectivity index is 0.00000162. The van der Waals surface area contributed by atoms with Gasteiger partial charge in [0.25, 0.3) is 0 Å². The molecule has 0 bridgehead atoms. The van der Waals surface area contributed by atoms with Gasteiger partial charge >= 0.3 is 0 Å². The summed E-state index contributed by atoms with van der Waals surface area (Å²) in [5, 5.41) is 0. The first-order valence-corrected chi connectivity index (χ1v) is 7.08. The number of carbonyl (C=O) groups is 1. The van der Waals surface area contributed by atoms with Crippen molar-refractivity contribution in [2.45, 2.75) is 57.9 Å². The summed E-state index contributed by atoms with van der Waals surface area (Å²) in [7, 11) is 0. The van der Waals surface area contributed by atoms with Gasteiger partial charge in [0.1, 0.15) is 0 Å². The zero-order chi connectivity index (χ0) is 12.5. The molecule has 0 aromatic rings. The van der Waals surface area contributed by atoms with E-state index in [1.54, 1.807) is 0 Å². The molecule has 2 aliphatic rings. The summed E-state index contributed by atoms with van der Waals surface area (Å²) in [6.07, 6.45) is 6.62. The van der Waals surface area contributed by atoms with Gasteiger partial charge < -0.3 is 10.6 Å². The Morgan fingerprint density at radius 3 is 2.39 bits per heavy atom. The van der Waals surface area contributed by atoms with Crippen molar-refractivity contribution in [1.82, 2.24) is 4.90 Å². The zero-order valence-corrected chi connectivity index (χ0v) is 12.5. The van der Waals surface area contributed by atoms with Gasteiger partial charge in [-0.15, -0.1) is 12.4 Å². The van der Waals surface area contributed by atoms with Crippen molar-refractivity contribution in [2.24, 2.45) is 17.6 Å². The lowest BCUT2D eigenvalue weighted by Crippen LogP contribution is -2.54. The average molecular weight is 275 g/mol. The Hall–Kier alpha value is -0.280. The van der Waals surface area contributed by atoms with E-state index in [2.05, 4.69) is 18.7 Å². The molecular formula is C14H27ClN2O. The average Bonchev–Trinajstić information content (AvgIpc) is 2.28. The van der Waals surface area contributed by atoms with Crippen LogP contribution in [0, 0.1) is 11.8 Å². The second-order valence-electron chi connectivity index (χ2n) is 6.31. The van der Waals surface area contributed by atoms with Crippen LogP contribution in [0.25, 0.3) is 0 Å². The largest absolute Gasteiger partial charge is 0.342 e. The third-order valence-electron chi connectivity index (χ3n) is 4.65. The first-order chi connectivity index (χ1) is 8.00. The van der Waals surface area contributed by atoms with E-state index >= 15 is 0 Å². The highest BCUT2D eigenvalue weighted by Crippen LogP contribution is 2.33. The molecule has 0 aromatic heterocycles.